The van der Waals surface area contributed by atoms with Crippen LogP contribution < -0.4 is 18.9 Å². The molecule has 2 aromatic carbocycles. The van der Waals surface area contributed by atoms with Crippen molar-refractivity contribution in [1.82, 2.24) is 0 Å². The highest BCUT2D eigenvalue weighted by molar-refractivity contribution is 7.92. The number of para-hydroxylation sites is 1. The molecular weight excluding hydrogens is 398 g/mol. The first-order valence-electron chi connectivity index (χ1n) is 9.98. The van der Waals surface area contributed by atoms with E-state index in [0.29, 0.717) is 25.4 Å². The van der Waals surface area contributed by atoms with Gasteiger partial charge in [0.25, 0.3) is 15.8 Å². The van der Waals surface area contributed by atoms with E-state index < -0.39 is 10.0 Å². The lowest BCUT2D eigenvalue weighted by molar-refractivity contribution is -0.367. The smallest absolute Gasteiger partial charge is 0.274 e. The van der Waals surface area contributed by atoms with E-state index in [1.807, 2.05) is 68.3 Å². The third-order valence-corrected chi connectivity index (χ3v) is 6.65. The summed E-state index contributed by atoms with van der Waals surface area (Å²) < 4.78 is 33.1. The average molecular weight is 427 g/mol. The SMILES string of the molecule is CCOc1ccc(CN(C)c2ccc(S(=O)(=O)N(CC)c3ccccc3)c[nH+]2)cc1. The predicted molar refractivity (Wildman–Crippen MR) is 119 cm³/mol. The number of H-pyrrole nitrogens is 1. The molecule has 0 atom stereocenters. The number of aromatic nitrogens is 1. The van der Waals surface area contributed by atoms with Crippen LogP contribution in [0.4, 0.5) is 11.5 Å². The van der Waals surface area contributed by atoms with Gasteiger partial charge in [0.2, 0.25) is 0 Å². The van der Waals surface area contributed by atoms with E-state index in [2.05, 4.69) is 4.98 Å². The Hall–Kier alpha value is -3.06. The second-order valence-corrected chi connectivity index (χ2v) is 8.71. The quantitative estimate of drug-likeness (QED) is 0.523. The Kier molecular flexibility index (Phi) is 6.95. The summed E-state index contributed by atoms with van der Waals surface area (Å²) in [4.78, 5) is 5.38. The fourth-order valence-corrected chi connectivity index (χ4v) is 4.67. The van der Waals surface area contributed by atoms with E-state index in [4.69, 9.17) is 4.74 Å². The molecule has 6 nitrogen and oxygen atoms in total. The van der Waals surface area contributed by atoms with Crippen molar-refractivity contribution in [3.8, 4) is 5.75 Å². The third kappa shape index (κ3) is 4.91. The van der Waals surface area contributed by atoms with Gasteiger partial charge in [0.05, 0.1) is 19.3 Å². The van der Waals surface area contributed by atoms with E-state index in [0.717, 1.165) is 17.1 Å². The Bertz CT molecular complexity index is 1040. The topological polar surface area (TPSA) is 64.0 Å². The van der Waals surface area contributed by atoms with Crippen LogP contribution in [0.3, 0.4) is 0 Å². The first kappa shape index (κ1) is 21.6. The van der Waals surface area contributed by atoms with Crippen molar-refractivity contribution in [2.45, 2.75) is 25.3 Å². The summed E-state index contributed by atoms with van der Waals surface area (Å²) in [5.41, 5.74) is 1.78. The summed E-state index contributed by atoms with van der Waals surface area (Å²) in [6.07, 6.45) is 1.55. The number of sulfonamides is 1. The molecule has 30 heavy (non-hydrogen) atoms. The molecule has 0 aliphatic carbocycles. The molecule has 0 amide bonds. The van der Waals surface area contributed by atoms with Gasteiger partial charge in [0.1, 0.15) is 23.4 Å². The summed E-state index contributed by atoms with van der Waals surface area (Å²) in [7, 11) is -1.69. The average Bonchev–Trinajstić information content (AvgIpc) is 2.76. The number of benzene rings is 2. The summed E-state index contributed by atoms with van der Waals surface area (Å²) in [6.45, 7) is 5.46. The van der Waals surface area contributed by atoms with Crippen LogP contribution in [0.15, 0.2) is 77.8 Å². The number of nitrogens with zero attached hydrogens (tertiary/aromatic N) is 2. The molecule has 158 valence electrons. The van der Waals surface area contributed by atoms with Crippen molar-refractivity contribution in [3.63, 3.8) is 0 Å². The molecule has 0 bridgehead atoms. The number of pyridine rings is 1. The lowest BCUT2D eigenvalue weighted by Crippen LogP contribution is -2.32. The van der Waals surface area contributed by atoms with Gasteiger partial charge in [-0.15, -0.1) is 0 Å². The first-order valence-corrected chi connectivity index (χ1v) is 11.4. The van der Waals surface area contributed by atoms with E-state index in [1.54, 1.807) is 30.5 Å². The van der Waals surface area contributed by atoms with E-state index in [1.165, 1.54) is 4.31 Å². The van der Waals surface area contributed by atoms with Gasteiger partial charge in [-0.05, 0) is 49.7 Å². The van der Waals surface area contributed by atoms with Crippen LogP contribution in [0, 0.1) is 0 Å². The molecule has 0 aliphatic heterocycles. The van der Waals surface area contributed by atoms with Gasteiger partial charge in [0, 0.05) is 12.6 Å². The minimum atomic E-state index is -3.65. The molecule has 1 heterocycles. The minimum Gasteiger partial charge on any atom is -0.494 e. The molecule has 3 rings (SSSR count). The van der Waals surface area contributed by atoms with Crippen LogP contribution in [0.25, 0.3) is 0 Å². The van der Waals surface area contributed by atoms with Crippen molar-refractivity contribution in [2.75, 3.05) is 29.4 Å². The molecule has 0 unspecified atom stereocenters. The molecule has 0 aliphatic rings. The van der Waals surface area contributed by atoms with E-state index >= 15 is 0 Å². The van der Waals surface area contributed by atoms with Gasteiger partial charge >= 0.3 is 0 Å². The molecule has 0 saturated heterocycles. The number of anilines is 2. The van der Waals surface area contributed by atoms with Crippen LogP contribution in [0.5, 0.6) is 5.75 Å². The van der Waals surface area contributed by atoms with Gasteiger partial charge in [-0.25, -0.2) is 13.4 Å². The number of hydrogen-bond acceptors (Lipinski definition) is 4. The molecule has 1 aromatic heterocycles. The van der Waals surface area contributed by atoms with Crippen molar-refractivity contribution < 1.29 is 18.1 Å². The van der Waals surface area contributed by atoms with Crippen LogP contribution in [0.1, 0.15) is 19.4 Å². The van der Waals surface area contributed by atoms with Crippen LogP contribution in [-0.4, -0.2) is 28.6 Å². The van der Waals surface area contributed by atoms with E-state index in [-0.39, 0.29) is 4.90 Å². The number of ether oxygens (including phenoxy) is 1. The molecule has 0 spiro atoms. The van der Waals surface area contributed by atoms with Gasteiger partial charge in [-0.3, -0.25) is 9.21 Å². The molecule has 0 saturated carbocycles. The molecular formula is C23H28N3O3S+. The number of hydrogen-bond donors (Lipinski definition) is 0. The normalized spacial score (nSPS) is 11.2. The summed E-state index contributed by atoms with van der Waals surface area (Å²) >= 11 is 0. The highest BCUT2D eigenvalue weighted by atomic mass is 32.2. The Morgan fingerprint density at radius 3 is 2.20 bits per heavy atom. The van der Waals surface area contributed by atoms with Gasteiger partial charge in [-0.2, -0.15) is 0 Å². The standard InChI is InChI=1S/C23H27N3O3S/c1-4-26(20-9-7-6-8-10-20)30(27,28)22-15-16-23(24-17-22)25(3)18-19-11-13-21(14-12-19)29-5-2/h6-17H,4-5,18H2,1-3H3/p+1. The van der Waals surface area contributed by atoms with Crippen molar-refractivity contribution in [1.29, 1.82) is 0 Å². The third-order valence-electron chi connectivity index (χ3n) is 4.75. The molecule has 0 radical (unpaired) electrons. The second-order valence-electron chi connectivity index (χ2n) is 6.85. The summed E-state index contributed by atoms with van der Waals surface area (Å²) in [5, 5.41) is 0. The minimum absolute atomic E-state index is 0.228. The van der Waals surface area contributed by atoms with Crippen molar-refractivity contribution >= 4 is 21.5 Å². The monoisotopic (exact) mass is 426 g/mol. The largest absolute Gasteiger partial charge is 0.494 e. The molecule has 1 N–H and O–H groups in total. The maximum atomic E-state index is 13.1. The second kappa shape index (κ2) is 9.63. The fourth-order valence-electron chi connectivity index (χ4n) is 3.23. The van der Waals surface area contributed by atoms with Gasteiger partial charge in [0.15, 0.2) is 0 Å². The Balaban J connectivity index is 1.74. The van der Waals surface area contributed by atoms with Crippen LogP contribution >= 0.6 is 0 Å². The molecule has 7 heteroatoms. The lowest BCUT2D eigenvalue weighted by Gasteiger charge is -2.22. The zero-order valence-electron chi connectivity index (χ0n) is 17.6. The maximum absolute atomic E-state index is 13.1. The maximum Gasteiger partial charge on any atom is 0.274 e. The highest BCUT2D eigenvalue weighted by Gasteiger charge is 2.25. The van der Waals surface area contributed by atoms with E-state index in [9.17, 15) is 8.42 Å². The molecule has 3 aromatic rings. The Morgan fingerprint density at radius 1 is 0.933 bits per heavy atom. The fraction of sp³-hybridized carbons (Fsp3) is 0.261. The lowest BCUT2D eigenvalue weighted by atomic mass is 10.2. The Morgan fingerprint density at radius 2 is 1.63 bits per heavy atom. The number of nitrogens with one attached hydrogen (secondary N) is 1. The van der Waals surface area contributed by atoms with Crippen molar-refractivity contribution in [3.05, 3.63) is 78.5 Å². The van der Waals surface area contributed by atoms with Crippen LogP contribution in [-0.2, 0) is 16.6 Å². The Labute approximate surface area is 178 Å². The highest BCUT2D eigenvalue weighted by Crippen LogP contribution is 2.23. The molecule has 0 fully saturated rings. The van der Waals surface area contributed by atoms with Gasteiger partial charge in [-0.1, -0.05) is 30.3 Å². The number of aromatic amines is 1. The first-order chi connectivity index (χ1) is 14.5. The van der Waals surface area contributed by atoms with Crippen molar-refractivity contribution in [2.24, 2.45) is 0 Å². The zero-order valence-corrected chi connectivity index (χ0v) is 18.4. The summed E-state index contributed by atoms with van der Waals surface area (Å²) in [6, 6.07) is 20.5. The zero-order chi connectivity index (χ0) is 21.6. The number of rotatable bonds is 9. The van der Waals surface area contributed by atoms with Crippen LogP contribution in [0.2, 0.25) is 0 Å². The summed E-state index contributed by atoms with van der Waals surface area (Å²) in [5.74, 6) is 1.68. The predicted octanol–water partition coefficient (Wildman–Crippen LogP) is 3.75. The van der Waals surface area contributed by atoms with Gasteiger partial charge < -0.3 is 4.74 Å².